The van der Waals surface area contributed by atoms with Gasteiger partial charge in [-0.25, -0.2) is 12.8 Å². The molecule has 3 aromatic rings. The molecule has 0 spiro atoms. The van der Waals surface area contributed by atoms with Crippen LogP contribution in [0, 0.1) is 12.7 Å². The summed E-state index contributed by atoms with van der Waals surface area (Å²) in [5.74, 6) is 0.293. The van der Waals surface area contributed by atoms with Gasteiger partial charge in [-0.15, -0.1) is 0 Å². The van der Waals surface area contributed by atoms with Crippen LogP contribution >= 0.6 is 11.6 Å². The number of anilines is 1. The van der Waals surface area contributed by atoms with Gasteiger partial charge in [0, 0.05) is 16.7 Å². The van der Waals surface area contributed by atoms with Crippen LogP contribution in [0.2, 0.25) is 5.02 Å². The molecule has 0 aliphatic carbocycles. The van der Waals surface area contributed by atoms with Crippen molar-refractivity contribution in [3.63, 3.8) is 0 Å². The van der Waals surface area contributed by atoms with Crippen molar-refractivity contribution in [3.8, 4) is 11.5 Å². The van der Waals surface area contributed by atoms with Gasteiger partial charge in [0.15, 0.2) is 11.5 Å². The fourth-order valence-electron chi connectivity index (χ4n) is 3.32. The van der Waals surface area contributed by atoms with Crippen molar-refractivity contribution >= 4 is 27.3 Å². The van der Waals surface area contributed by atoms with E-state index in [0.717, 1.165) is 9.87 Å². The molecule has 0 bridgehead atoms. The van der Waals surface area contributed by atoms with E-state index in [1.807, 2.05) is 0 Å². The second-order valence-corrected chi connectivity index (χ2v) is 9.17. The van der Waals surface area contributed by atoms with Crippen LogP contribution in [0.3, 0.4) is 0 Å². The third-order valence-electron chi connectivity index (χ3n) is 5.03. The molecule has 1 atom stereocenters. The summed E-state index contributed by atoms with van der Waals surface area (Å²) in [5, 5.41) is 0.326. The smallest absolute Gasteiger partial charge is 0.264 e. The Bertz CT molecular complexity index is 1200. The van der Waals surface area contributed by atoms with E-state index in [1.165, 1.54) is 32.4 Å². The minimum absolute atomic E-state index is 0.000995. The highest BCUT2D eigenvalue weighted by Crippen LogP contribution is 2.39. The van der Waals surface area contributed by atoms with Crippen molar-refractivity contribution in [2.24, 2.45) is 0 Å². The monoisotopic (exact) mass is 463 g/mol. The van der Waals surface area contributed by atoms with Crippen LogP contribution < -0.4 is 13.8 Å². The SMILES string of the molecule is COc1ccc(N([C@@H](C)c2ccccc2F)S(=O)(=O)c2ccc(C)c(Cl)c2)cc1OC. The second kappa shape index (κ2) is 9.16. The van der Waals surface area contributed by atoms with E-state index < -0.39 is 21.9 Å². The van der Waals surface area contributed by atoms with Gasteiger partial charge in [0.2, 0.25) is 0 Å². The summed E-state index contributed by atoms with van der Waals surface area (Å²) in [6.07, 6.45) is 0. The average molecular weight is 464 g/mol. The molecule has 0 heterocycles. The van der Waals surface area contributed by atoms with Crippen LogP contribution in [0.15, 0.2) is 65.6 Å². The highest BCUT2D eigenvalue weighted by molar-refractivity contribution is 7.92. The lowest BCUT2D eigenvalue weighted by Gasteiger charge is -2.31. The molecule has 0 amide bonds. The van der Waals surface area contributed by atoms with E-state index in [2.05, 4.69) is 0 Å². The number of aryl methyl sites for hydroxylation is 1. The Balaban J connectivity index is 2.24. The molecule has 8 heteroatoms. The molecular weight excluding hydrogens is 441 g/mol. The number of halogens is 2. The lowest BCUT2D eigenvalue weighted by atomic mass is 10.1. The standard InChI is InChI=1S/C23H23ClFNO4S/c1-15-9-11-18(14-20(15)24)31(27,28)26(16(2)19-7-5-6-8-21(19)25)17-10-12-22(29-3)23(13-17)30-4/h5-14,16H,1-4H3/t16-/m0/s1. The first kappa shape index (κ1) is 22.9. The number of methoxy groups -OCH3 is 2. The maximum atomic E-state index is 14.6. The van der Waals surface area contributed by atoms with Crippen LogP contribution in [0.5, 0.6) is 11.5 Å². The first-order valence-corrected chi connectivity index (χ1v) is 11.3. The van der Waals surface area contributed by atoms with Crippen LogP contribution in [-0.4, -0.2) is 22.6 Å². The van der Waals surface area contributed by atoms with Gasteiger partial charge in [-0.3, -0.25) is 4.31 Å². The summed E-state index contributed by atoms with van der Waals surface area (Å²) in [6.45, 7) is 3.41. The van der Waals surface area contributed by atoms with E-state index in [-0.39, 0.29) is 10.5 Å². The number of sulfonamides is 1. The largest absolute Gasteiger partial charge is 0.493 e. The molecule has 0 aliphatic rings. The highest BCUT2D eigenvalue weighted by atomic mass is 35.5. The third kappa shape index (κ3) is 4.48. The summed E-state index contributed by atoms with van der Waals surface area (Å²) in [5.41, 5.74) is 1.28. The van der Waals surface area contributed by atoms with Gasteiger partial charge in [0.05, 0.1) is 30.8 Å². The number of rotatable bonds is 7. The summed E-state index contributed by atoms with van der Waals surface area (Å²) in [4.78, 5) is 0.000995. The first-order chi connectivity index (χ1) is 14.7. The number of nitrogens with zero attached hydrogens (tertiary/aromatic N) is 1. The molecule has 5 nitrogen and oxygen atoms in total. The van der Waals surface area contributed by atoms with Gasteiger partial charge in [-0.2, -0.15) is 0 Å². The van der Waals surface area contributed by atoms with Gasteiger partial charge in [-0.1, -0.05) is 35.9 Å². The molecule has 0 unspecified atom stereocenters. The lowest BCUT2D eigenvalue weighted by molar-refractivity contribution is 0.355. The van der Waals surface area contributed by atoms with Gasteiger partial charge >= 0.3 is 0 Å². The minimum Gasteiger partial charge on any atom is -0.493 e. The molecule has 3 rings (SSSR count). The van der Waals surface area contributed by atoms with Crippen molar-refractivity contribution in [1.29, 1.82) is 0 Å². The van der Waals surface area contributed by atoms with E-state index in [0.29, 0.717) is 22.2 Å². The Hall–Kier alpha value is -2.77. The summed E-state index contributed by atoms with van der Waals surface area (Å²) in [7, 11) is -1.17. The van der Waals surface area contributed by atoms with Gasteiger partial charge < -0.3 is 9.47 Å². The maximum Gasteiger partial charge on any atom is 0.264 e. The summed E-state index contributed by atoms with van der Waals surface area (Å²) < 4.78 is 53.9. The Kier molecular flexibility index (Phi) is 6.77. The molecule has 3 aromatic carbocycles. The Morgan fingerprint density at radius 2 is 1.65 bits per heavy atom. The zero-order valence-electron chi connectivity index (χ0n) is 17.6. The first-order valence-electron chi connectivity index (χ1n) is 9.47. The van der Waals surface area contributed by atoms with E-state index in [4.69, 9.17) is 21.1 Å². The molecule has 0 saturated carbocycles. The van der Waals surface area contributed by atoms with Crippen LogP contribution in [-0.2, 0) is 10.0 Å². The average Bonchev–Trinajstić information content (AvgIpc) is 2.75. The van der Waals surface area contributed by atoms with Gasteiger partial charge in [0.25, 0.3) is 10.0 Å². The number of ether oxygens (including phenoxy) is 2. The van der Waals surface area contributed by atoms with Crippen molar-refractivity contribution in [3.05, 3.63) is 82.6 Å². The van der Waals surface area contributed by atoms with E-state index in [9.17, 15) is 12.8 Å². The van der Waals surface area contributed by atoms with Crippen molar-refractivity contribution in [1.82, 2.24) is 0 Å². The Morgan fingerprint density at radius 1 is 0.968 bits per heavy atom. The maximum absolute atomic E-state index is 14.6. The predicted octanol–water partition coefficient (Wildman–Crippen LogP) is 5.76. The third-order valence-corrected chi connectivity index (χ3v) is 7.33. The van der Waals surface area contributed by atoms with Crippen molar-refractivity contribution < 1.29 is 22.3 Å². The van der Waals surface area contributed by atoms with E-state index in [1.54, 1.807) is 56.3 Å². The Labute approximate surface area is 187 Å². The Morgan fingerprint density at radius 3 is 2.26 bits per heavy atom. The fraction of sp³-hybridized carbons (Fsp3) is 0.217. The normalized spacial score (nSPS) is 12.3. The van der Waals surface area contributed by atoms with Crippen LogP contribution in [0.1, 0.15) is 24.1 Å². The summed E-state index contributed by atoms with van der Waals surface area (Å²) in [6, 6.07) is 14.5. The molecular formula is C23H23ClFNO4S. The molecule has 0 N–H and O–H groups in total. The van der Waals surface area contributed by atoms with Gasteiger partial charge in [-0.05, 0) is 49.7 Å². The molecule has 0 aromatic heterocycles. The minimum atomic E-state index is -4.12. The van der Waals surface area contributed by atoms with Crippen molar-refractivity contribution in [2.45, 2.75) is 24.8 Å². The molecule has 0 saturated heterocycles. The van der Waals surface area contributed by atoms with Crippen LogP contribution in [0.4, 0.5) is 10.1 Å². The molecule has 164 valence electrons. The lowest BCUT2D eigenvalue weighted by Crippen LogP contribution is -2.34. The number of hydrogen-bond donors (Lipinski definition) is 0. The van der Waals surface area contributed by atoms with Crippen LogP contribution in [0.25, 0.3) is 0 Å². The zero-order chi connectivity index (χ0) is 22.8. The zero-order valence-corrected chi connectivity index (χ0v) is 19.2. The molecule has 0 radical (unpaired) electrons. The number of hydrogen-bond acceptors (Lipinski definition) is 4. The molecule has 0 fully saturated rings. The predicted molar refractivity (Wildman–Crippen MR) is 120 cm³/mol. The quantitative estimate of drug-likeness (QED) is 0.447. The second-order valence-electron chi connectivity index (χ2n) is 6.95. The molecule has 0 aliphatic heterocycles. The van der Waals surface area contributed by atoms with Gasteiger partial charge in [0.1, 0.15) is 5.82 Å². The highest BCUT2D eigenvalue weighted by Gasteiger charge is 2.32. The fourth-order valence-corrected chi connectivity index (χ4v) is 5.22. The summed E-state index contributed by atoms with van der Waals surface area (Å²) >= 11 is 6.20. The molecule has 31 heavy (non-hydrogen) atoms. The van der Waals surface area contributed by atoms with Crippen molar-refractivity contribution in [2.75, 3.05) is 18.5 Å². The topological polar surface area (TPSA) is 55.8 Å². The number of benzene rings is 3. The van der Waals surface area contributed by atoms with E-state index >= 15 is 0 Å².